The summed E-state index contributed by atoms with van der Waals surface area (Å²) in [5, 5.41) is 15.5. The van der Waals surface area contributed by atoms with Gasteiger partial charge in [-0.15, -0.1) is 11.3 Å². The third-order valence-electron chi connectivity index (χ3n) is 2.86. The molecule has 0 aliphatic carbocycles. The summed E-state index contributed by atoms with van der Waals surface area (Å²) < 4.78 is 26.9. The number of nitrogens with one attached hydrogen (secondary N) is 2. The summed E-state index contributed by atoms with van der Waals surface area (Å²) in [6.45, 7) is 5.08. The fourth-order valence-corrected chi connectivity index (χ4v) is 4.10. The van der Waals surface area contributed by atoms with Crippen LogP contribution in [0.1, 0.15) is 25.8 Å². The van der Waals surface area contributed by atoms with Gasteiger partial charge in [0.1, 0.15) is 9.77 Å². The molecule has 0 bridgehead atoms. The quantitative estimate of drug-likeness (QED) is 0.797. The molecule has 0 spiro atoms. The van der Waals surface area contributed by atoms with Gasteiger partial charge in [-0.3, -0.25) is 9.82 Å². The Bertz CT molecular complexity index is 774. The monoisotopic (exact) mass is 315 g/mol. The van der Waals surface area contributed by atoms with Gasteiger partial charge >= 0.3 is 5.97 Å². The van der Waals surface area contributed by atoms with Gasteiger partial charge < -0.3 is 5.11 Å². The first-order chi connectivity index (χ1) is 9.22. The average Bonchev–Trinajstić information content (AvgIpc) is 2.87. The second kappa shape index (κ2) is 4.91. The van der Waals surface area contributed by atoms with Gasteiger partial charge in [0.15, 0.2) is 5.82 Å². The van der Waals surface area contributed by atoms with E-state index < -0.39 is 16.0 Å². The normalized spacial score (nSPS) is 11.6. The number of aromatic carboxylic acids is 1. The van der Waals surface area contributed by atoms with Gasteiger partial charge in [0, 0.05) is 16.1 Å². The first kappa shape index (κ1) is 14.5. The number of hydrogen-bond acceptors (Lipinski definition) is 5. The first-order valence-electron chi connectivity index (χ1n) is 5.60. The number of H-pyrrole nitrogens is 1. The average molecular weight is 315 g/mol. The number of carboxylic acid groups (broad SMARTS) is 1. The minimum absolute atomic E-state index is 0.0159. The van der Waals surface area contributed by atoms with Crippen LogP contribution in [0.2, 0.25) is 0 Å². The van der Waals surface area contributed by atoms with Gasteiger partial charge in [-0.2, -0.15) is 5.10 Å². The Labute approximate surface area is 119 Å². The molecular formula is C11H13N3O4S2. The minimum Gasteiger partial charge on any atom is -0.477 e. The molecule has 2 aromatic heterocycles. The molecule has 0 atom stereocenters. The molecule has 0 amide bonds. The van der Waals surface area contributed by atoms with E-state index in [2.05, 4.69) is 14.9 Å². The number of anilines is 1. The second-order valence-corrected chi connectivity index (χ2v) is 7.17. The SMILES string of the molecule is Cc1[nH]nc(NS(=O)(=O)c2cc(C(=O)O)sc2C)c1C. The number of aromatic amines is 1. The van der Waals surface area contributed by atoms with Crippen LogP contribution in [0.4, 0.5) is 5.82 Å². The highest BCUT2D eigenvalue weighted by Crippen LogP contribution is 2.28. The molecule has 0 aliphatic heterocycles. The van der Waals surface area contributed by atoms with Crippen molar-refractivity contribution >= 4 is 33.1 Å². The fourth-order valence-electron chi connectivity index (χ4n) is 1.60. The highest BCUT2D eigenvalue weighted by atomic mass is 32.2. The van der Waals surface area contributed by atoms with Crippen LogP contribution in [0.25, 0.3) is 0 Å². The zero-order chi connectivity index (χ0) is 15.1. The molecule has 108 valence electrons. The van der Waals surface area contributed by atoms with E-state index in [0.29, 0.717) is 10.4 Å². The van der Waals surface area contributed by atoms with E-state index in [-0.39, 0.29) is 15.6 Å². The summed E-state index contributed by atoms with van der Waals surface area (Å²) in [7, 11) is -3.85. The molecule has 0 aromatic carbocycles. The maximum absolute atomic E-state index is 12.3. The molecule has 20 heavy (non-hydrogen) atoms. The topological polar surface area (TPSA) is 112 Å². The van der Waals surface area contributed by atoms with Crippen LogP contribution in [0.5, 0.6) is 0 Å². The molecule has 2 rings (SSSR count). The molecule has 3 N–H and O–H groups in total. The summed E-state index contributed by atoms with van der Waals surface area (Å²) in [5.74, 6) is -0.934. The Kier molecular flexibility index (Phi) is 3.57. The van der Waals surface area contributed by atoms with Crippen molar-refractivity contribution in [3.8, 4) is 0 Å². The predicted octanol–water partition coefficient (Wildman–Crippen LogP) is 1.90. The van der Waals surface area contributed by atoms with Crippen LogP contribution < -0.4 is 4.72 Å². The Morgan fingerprint density at radius 3 is 2.50 bits per heavy atom. The number of thiophene rings is 1. The van der Waals surface area contributed by atoms with E-state index in [4.69, 9.17) is 5.11 Å². The third kappa shape index (κ3) is 2.54. The number of hydrogen-bond donors (Lipinski definition) is 3. The number of carboxylic acids is 1. The van der Waals surface area contributed by atoms with Crippen molar-refractivity contribution in [1.82, 2.24) is 10.2 Å². The molecule has 0 saturated carbocycles. The lowest BCUT2D eigenvalue weighted by Crippen LogP contribution is -2.14. The van der Waals surface area contributed by atoms with Crippen molar-refractivity contribution in [2.75, 3.05) is 4.72 Å². The summed E-state index contributed by atoms with van der Waals surface area (Å²) >= 11 is 0.922. The van der Waals surface area contributed by atoms with Gasteiger partial charge in [-0.1, -0.05) is 0 Å². The highest BCUT2D eigenvalue weighted by molar-refractivity contribution is 7.93. The van der Waals surface area contributed by atoms with Crippen molar-refractivity contribution in [2.24, 2.45) is 0 Å². The van der Waals surface area contributed by atoms with Crippen LogP contribution in [0.15, 0.2) is 11.0 Å². The number of sulfonamides is 1. The number of aryl methyl sites for hydroxylation is 2. The van der Waals surface area contributed by atoms with E-state index in [1.165, 1.54) is 0 Å². The number of rotatable bonds is 4. The van der Waals surface area contributed by atoms with Crippen LogP contribution in [-0.4, -0.2) is 29.7 Å². The lowest BCUT2D eigenvalue weighted by atomic mass is 10.3. The van der Waals surface area contributed by atoms with E-state index >= 15 is 0 Å². The summed E-state index contributed by atoms with van der Waals surface area (Å²) in [6.07, 6.45) is 0. The van der Waals surface area contributed by atoms with E-state index in [0.717, 1.165) is 23.1 Å². The van der Waals surface area contributed by atoms with Gasteiger partial charge in [0.05, 0.1) is 0 Å². The third-order valence-corrected chi connectivity index (χ3v) is 5.49. The van der Waals surface area contributed by atoms with Gasteiger partial charge in [-0.25, -0.2) is 13.2 Å². The first-order valence-corrected chi connectivity index (χ1v) is 7.90. The van der Waals surface area contributed by atoms with Crippen molar-refractivity contribution in [3.63, 3.8) is 0 Å². The van der Waals surface area contributed by atoms with E-state index in [9.17, 15) is 13.2 Å². The van der Waals surface area contributed by atoms with Crippen molar-refractivity contribution in [3.05, 3.63) is 27.1 Å². The van der Waals surface area contributed by atoms with Crippen LogP contribution in [0, 0.1) is 20.8 Å². The van der Waals surface area contributed by atoms with Crippen molar-refractivity contribution in [2.45, 2.75) is 25.7 Å². The lowest BCUT2D eigenvalue weighted by molar-refractivity contribution is 0.0702. The van der Waals surface area contributed by atoms with Gasteiger partial charge in [0.2, 0.25) is 0 Å². The number of carbonyl (C=O) groups is 1. The van der Waals surface area contributed by atoms with Crippen LogP contribution >= 0.6 is 11.3 Å². The Morgan fingerprint density at radius 1 is 1.40 bits per heavy atom. The molecule has 2 heterocycles. The molecule has 9 heteroatoms. The van der Waals surface area contributed by atoms with Crippen LogP contribution in [0.3, 0.4) is 0 Å². The maximum Gasteiger partial charge on any atom is 0.345 e. The molecule has 2 aromatic rings. The standard InChI is InChI=1S/C11H13N3O4S2/c1-5-6(2)12-13-10(5)14-20(17,18)9-4-8(11(15)16)19-7(9)3/h4H,1-3H3,(H,15,16)(H2,12,13,14). The van der Waals surface area contributed by atoms with Crippen LogP contribution in [-0.2, 0) is 10.0 Å². The molecule has 7 nitrogen and oxygen atoms in total. The summed E-state index contributed by atoms with van der Waals surface area (Å²) in [4.78, 5) is 11.2. The largest absolute Gasteiger partial charge is 0.477 e. The Morgan fingerprint density at radius 2 is 2.05 bits per heavy atom. The maximum atomic E-state index is 12.3. The summed E-state index contributed by atoms with van der Waals surface area (Å²) in [5.41, 5.74) is 1.45. The number of nitrogens with zero attached hydrogens (tertiary/aromatic N) is 1. The van der Waals surface area contributed by atoms with Crippen molar-refractivity contribution in [1.29, 1.82) is 0 Å². The molecular weight excluding hydrogens is 302 g/mol. The Hall–Kier alpha value is -1.87. The van der Waals surface area contributed by atoms with Gasteiger partial charge in [-0.05, 0) is 26.8 Å². The molecule has 0 fully saturated rings. The predicted molar refractivity (Wildman–Crippen MR) is 74.9 cm³/mol. The molecule has 0 radical (unpaired) electrons. The van der Waals surface area contributed by atoms with Gasteiger partial charge in [0.25, 0.3) is 10.0 Å². The van der Waals surface area contributed by atoms with E-state index in [1.807, 2.05) is 0 Å². The van der Waals surface area contributed by atoms with E-state index in [1.54, 1.807) is 20.8 Å². The second-order valence-electron chi connectivity index (χ2n) is 4.26. The smallest absolute Gasteiger partial charge is 0.345 e. The zero-order valence-electron chi connectivity index (χ0n) is 11.0. The molecule has 0 saturated heterocycles. The minimum atomic E-state index is -3.85. The number of aromatic nitrogens is 2. The summed E-state index contributed by atoms with van der Waals surface area (Å²) in [6, 6.07) is 1.15. The highest BCUT2D eigenvalue weighted by Gasteiger charge is 2.23. The Balaban J connectivity index is 2.41. The fraction of sp³-hybridized carbons (Fsp3) is 0.273. The molecule has 0 aliphatic rings. The molecule has 0 unspecified atom stereocenters. The van der Waals surface area contributed by atoms with Crippen molar-refractivity contribution < 1.29 is 18.3 Å². The lowest BCUT2D eigenvalue weighted by Gasteiger charge is -2.05. The zero-order valence-corrected chi connectivity index (χ0v) is 12.6.